The molecule has 1 aliphatic carbocycles. The van der Waals surface area contributed by atoms with Gasteiger partial charge in [-0.2, -0.15) is 4.98 Å². The summed E-state index contributed by atoms with van der Waals surface area (Å²) in [6.45, 7) is 3.62. The highest BCUT2D eigenvalue weighted by atomic mass is 32.2. The number of nitrogens with zero attached hydrogens (tertiary/aromatic N) is 4. The van der Waals surface area contributed by atoms with Gasteiger partial charge in [-0.05, 0) is 44.7 Å². The summed E-state index contributed by atoms with van der Waals surface area (Å²) in [4.78, 5) is 25.4. The number of rotatable bonds is 6. The molecule has 1 aliphatic rings. The van der Waals surface area contributed by atoms with Crippen molar-refractivity contribution in [2.24, 2.45) is 5.92 Å². The lowest BCUT2D eigenvalue weighted by molar-refractivity contribution is 0.347. The van der Waals surface area contributed by atoms with E-state index in [4.69, 9.17) is 5.73 Å². The van der Waals surface area contributed by atoms with Crippen LogP contribution in [0.1, 0.15) is 39.2 Å². The second-order valence-electron chi connectivity index (χ2n) is 8.04. The van der Waals surface area contributed by atoms with Crippen molar-refractivity contribution < 1.29 is 12.8 Å². The molecule has 3 aromatic rings. The Morgan fingerprint density at radius 3 is 2.65 bits per heavy atom. The van der Waals surface area contributed by atoms with Gasteiger partial charge >= 0.3 is 0 Å². The highest BCUT2D eigenvalue weighted by molar-refractivity contribution is 7.92. The van der Waals surface area contributed by atoms with Crippen molar-refractivity contribution in [3.8, 4) is 11.3 Å². The molecule has 0 spiro atoms. The van der Waals surface area contributed by atoms with Crippen LogP contribution < -0.4 is 16.0 Å². The van der Waals surface area contributed by atoms with Crippen LogP contribution in [-0.2, 0) is 10.0 Å². The Morgan fingerprint density at radius 2 is 2.03 bits per heavy atom. The summed E-state index contributed by atoms with van der Waals surface area (Å²) in [6.07, 6.45) is 4.16. The molecule has 11 heteroatoms. The zero-order valence-corrected chi connectivity index (χ0v) is 18.0. The number of hydrogen-bond donors (Lipinski definition) is 2. The van der Waals surface area contributed by atoms with Crippen LogP contribution in [0.5, 0.6) is 0 Å². The van der Waals surface area contributed by atoms with Gasteiger partial charge in [-0.15, -0.1) is 0 Å². The number of benzene rings is 1. The molecule has 164 valence electrons. The monoisotopic (exact) mass is 446 g/mol. The van der Waals surface area contributed by atoms with Crippen LogP contribution in [0.3, 0.4) is 0 Å². The van der Waals surface area contributed by atoms with Crippen LogP contribution in [0.15, 0.2) is 29.2 Å². The highest BCUT2D eigenvalue weighted by Gasteiger charge is 2.25. The Bertz CT molecular complexity index is 1320. The number of anilines is 2. The molecule has 0 amide bonds. The first-order valence-electron chi connectivity index (χ1n) is 10.00. The highest BCUT2D eigenvalue weighted by Crippen LogP contribution is 2.29. The van der Waals surface area contributed by atoms with Crippen molar-refractivity contribution in [2.75, 3.05) is 16.2 Å². The van der Waals surface area contributed by atoms with Crippen LogP contribution in [0.4, 0.5) is 16.0 Å². The fourth-order valence-corrected chi connectivity index (χ4v) is 5.14. The molecule has 0 bridgehead atoms. The average Bonchev–Trinajstić information content (AvgIpc) is 2.65. The van der Waals surface area contributed by atoms with Gasteiger partial charge in [0.1, 0.15) is 17.0 Å². The van der Waals surface area contributed by atoms with E-state index < -0.39 is 21.4 Å². The van der Waals surface area contributed by atoms with E-state index in [2.05, 4.69) is 19.7 Å². The standard InChI is InChI=1S/C20H23FN6O3S/c1-11(2)27-18-16(9-23-20(22)25-18)24-17(19(27)28)13-6-7-15(14(21)8-13)26-31(29,30)10-12-4-3-5-12/h6-9,11-12,26H,3-5,10H2,1-2H3,(H2,22,23,25). The Labute approximate surface area is 178 Å². The van der Waals surface area contributed by atoms with Crippen molar-refractivity contribution in [3.05, 3.63) is 40.6 Å². The molecule has 2 aromatic heterocycles. The molecule has 0 radical (unpaired) electrons. The van der Waals surface area contributed by atoms with Gasteiger partial charge in [-0.1, -0.05) is 12.5 Å². The summed E-state index contributed by atoms with van der Waals surface area (Å²) in [5.74, 6) is -0.684. The van der Waals surface area contributed by atoms with Gasteiger partial charge in [0, 0.05) is 11.6 Å². The molecule has 0 aliphatic heterocycles. The summed E-state index contributed by atoms with van der Waals surface area (Å²) in [5.41, 5.74) is 5.88. The molecule has 3 N–H and O–H groups in total. The van der Waals surface area contributed by atoms with Crippen LogP contribution in [0.25, 0.3) is 22.4 Å². The van der Waals surface area contributed by atoms with Gasteiger partial charge in [0.2, 0.25) is 16.0 Å². The quantitative estimate of drug-likeness (QED) is 0.595. The lowest BCUT2D eigenvalue weighted by Crippen LogP contribution is -2.27. The van der Waals surface area contributed by atoms with Gasteiger partial charge < -0.3 is 5.73 Å². The number of nitrogen functional groups attached to an aromatic ring is 1. The normalized spacial score (nSPS) is 14.7. The van der Waals surface area contributed by atoms with Gasteiger partial charge in [0.05, 0.1) is 17.6 Å². The number of nitrogens with two attached hydrogens (primary N) is 1. The Balaban J connectivity index is 1.73. The average molecular weight is 447 g/mol. The third-order valence-corrected chi connectivity index (χ3v) is 6.80. The van der Waals surface area contributed by atoms with Crippen LogP contribution in [0, 0.1) is 11.7 Å². The summed E-state index contributed by atoms with van der Waals surface area (Å²) in [5, 5.41) is 0. The predicted octanol–water partition coefficient (Wildman–Crippen LogP) is 2.70. The van der Waals surface area contributed by atoms with Crippen molar-refractivity contribution in [1.82, 2.24) is 19.5 Å². The second-order valence-corrected chi connectivity index (χ2v) is 9.81. The zero-order chi connectivity index (χ0) is 22.3. The molecule has 1 fully saturated rings. The minimum atomic E-state index is -3.65. The van der Waals surface area contributed by atoms with E-state index in [9.17, 15) is 17.6 Å². The maximum atomic E-state index is 14.8. The lowest BCUT2D eigenvalue weighted by Gasteiger charge is -2.25. The number of fused-ring (bicyclic) bond motifs is 1. The lowest BCUT2D eigenvalue weighted by atomic mass is 9.87. The van der Waals surface area contributed by atoms with Crippen LogP contribution in [-0.4, -0.2) is 33.7 Å². The number of nitrogens with one attached hydrogen (secondary N) is 1. The second kappa shape index (κ2) is 7.88. The molecular formula is C20H23FN6O3S. The van der Waals surface area contributed by atoms with Gasteiger partial charge in [0.25, 0.3) is 5.56 Å². The molecule has 31 heavy (non-hydrogen) atoms. The number of aromatic nitrogens is 4. The smallest absolute Gasteiger partial charge is 0.278 e. The minimum absolute atomic E-state index is 0.0114. The van der Waals surface area contributed by atoms with E-state index in [1.807, 2.05) is 13.8 Å². The predicted molar refractivity (Wildman–Crippen MR) is 117 cm³/mol. The zero-order valence-electron chi connectivity index (χ0n) is 17.2. The molecule has 4 rings (SSSR count). The SMILES string of the molecule is CC(C)n1c(=O)c(-c2ccc(NS(=O)(=O)CC3CCC3)c(F)c2)nc2cnc(N)nc21. The van der Waals surface area contributed by atoms with Gasteiger partial charge in [-0.3, -0.25) is 14.1 Å². The maximum Gasteiger partial charge on any atom is 0.278 e. The van der Waals surface area contributed by atoms with E-state index >= 15 is 0 Å². The molecule has 1 saturated carbocycles. The molecule has 0 saturated heterocycles. The third kappa shape index (κ3) is 4.22. The molecule has 0 unspecified atom stereocenters. The molecule has 1 aromatic carbocycles. The first kappa shape index (κ1) is 21.2. The summed E-state index contributed by atoms with van der Waals surface area (Å²) < 4.78 is 43.1. The van der Waals surface area contributed by atoms with E-state index in [1.54, 1.807) is 0 Å². The van der Waals surface area contributed by atoms with Gasteiger partial charge in [-0.25, -0.2) is 22.8 Å². The largest absolute Gasteiger partial charge is 0.368 e. The number of halogens is 1. The van der Waals surface area contributed by atoms with Crippen molar-refractivity contribution in [1.29, 1.82) is 0 Å². The number of sulfonamides is 1. The Kier molecular flexibility index (Phi) is 5.38. The van der Waals surface area contributed by atoms with Crippen molar-refractivity contribution >= 4 is 32.8 Å². The van der Waals surface area contributed by atoms with Crippen molar-refractivity contribution in [2.45, 2.75) is 39.2 Å². The fraction of sp³-hybridized carbons (Fsp3) is 0.400. The first-order valence-corrected chi connectivity index (χ1v) is 11.6. The molecule has 9 nitrogen and oxygen atoms in total. The first-order chi connectivity index (χ1) is 14.6. The van der Waals surface area contributed by atoms with E-state index in [1.165, 1.54) is 22.9 Å². The maximum absolute atomic E-state index is 14.8. The summed E-state index contributed by atoms with van der Waals surface area (Å²) >= 11 is 0. The van der Waals surface area contributed by atoms with Crippen LogP contribution in [0.2, 0.25) is 0 Å². The number of hydrogen-bond acceptors (Lipinski definition) is 7. The summed E-state index contributed by atoms with van der Waals surface area (Å²) in [7, 11) is -3.65. The third-order valence-electron chi connectivity index (χ3n) is 5.35. The van der Waals surface area contributed by atoms with E-state index in [-0.39, 0.29) is 46.3 Å². The van der Waals surface area contributed by atoms with Crippen molar-refractivity contribution in [3.63, 3.8) is 0 Å². The van der Waals surface area contributed by atoms with E-state index in [0.29, 0.717) is 5.52 Å². The Morgan fingerprint density at radius 1 is 1.29 bits per heavy atom. The molecule has 0 atom stereocenters. The van der Waals surface area contributed by atoms with Crippen LogP contribution >= 0.6 is 0 Å². The fourth-order valence-electron chi connectivity index (χ4n) is 3.61. The molecule has 2 heterocycles. The van der Waals surface area contributed by atoms with E-state index in [0.717, 1.165) is 25.3 Å². The topological polar surface area (TPSA) is 133 Å². The molecular weight excluding hydrogens is 423 g/mol. The van der Waals surface area contributed by atoms with Gasteiger partial charge in [0.15, 0.2) is 5.65 Å². The minimum Gasteiger partial charge on any atom is -0.368 e. The summed E-state index contributed by atoms with van der Waals surface area (Å²) in [6, 6.07) is 3.60. The Hall–Kier alpha value is -3.08.